The van der Waals surface area contributed by atoms with E-state index in [4.69, 9.17) is 17.2 Å². The Morgan fingerprint density at radius 1 is 0.909 bits per heavy atom. The maximum absolute atomic E-state index is 10.5. The highest BCUT2D eigenvalue weighted by molar-refractivity contribution is 7.82. The van der Waals surface area contributed by atoms with Gasteiger partial charge in [-0.05, 0) is 17.5 Å². The van der Waals surface area contributed by atoms with Crippen molar-refractivity contribution in [1.82, 2.24) is 4.98 Å². The molecule has 0 unspecified atom stereocenters. The van der Waals surface area contributed by atoms with Crippen molar-refractivity contribution in [2.24, 2.45) is 0 Å². The summed E-state index contributed by atoms with van der Waals surface area (Å²) in [7, 11) is 2.07. The molecule has 1 aromatic heterocycles. The van der Waals surface area contributed by atoms with Crippen LogP contribution in [-0.4, -0.2) is 22.8 Å². The second kappa shape index (κ2) is 4.78. The van der Waals surface area contributed by atoms with Crippen LogP contribution >= 0.6 is 12.2 Å². The number of rotatable bonds is 1. The van der Waals surface area contributed by atoms with Crippen LogP contribution in [0.3, 0.4) is 0 Å². The Kier molecular flexibility index (Phi) is 2.88. The van der Waals surface area contributed by atoms with E-state index in [-0.39, 0.29) is 5.76 Å². The van der Waals surface area contributed by atoms with Gasteiger partial charge in [0.15, 0.2) is 0 Å². The van der Waals surface area contributed by atoms with Crippen molar-refractivity contribution in [3.63, 3.8) is 0 Å². The van der Waals surface area contributed by atoms with Crippen molar-refractivity contribution in [3.8, 4) is 0 Å². The minimum absolute atomic E-state index is 0.222. The van der Waals surface area contributed by atoms with Gasteiger partial charge in [-0.3, -0.25) is 0 Å². The number of thiocarbonyl (C=S) groups is 1. The maximum atomic E-state index is 10.5. The minimum atomic E-state index is 0.222. The lowest BCUT2D eigenvalue weighted by molar-refractivity contribution is 0.515. The van der Waals surface area contributed by atoms with Gasteiger partial charge in [-0.1, -0.05) is 60.1 Å². The standard InChI is InChI=1S/C18H12BNOS/c19-13-6-3-7-14-12(13)8-9-15(20-14)16-17(21)10-4-1-2-5-11(10)18(16)22/h1-9,21H,19H2. The van der Waals surface area contributed by atoms with E-state index in [9.17, 15) is 5.11 Å². The summed E-state index contributed by atoms with van der Waals surface area (Å²) < 4.78 is 0. The van der Waals surface area contributed by atoms with Crippen molar-refractivity contribution in [2.45, 2.75) is 0 Å². The Labute approximate surface area is 134 Å². The monoisotopic (exact) mass is 301 g/mol. The van der Waals surface area contributed by atoms with E-state index in [0.29, 0.717) is 10.4 Å². The number of aliphatic hydroxyl groups is 1. The van der Waals surface area contributed by atoms with Gasteiger partial charge < -0.3 is 5.11 Å². The fourth-order valence-corrected chi connectivity index (χ4v) is 3.33. The Morgan fingerprint density at radius 2 is 1.68 bits per heavy atom. The third kappa shape index (κ3) is 1.81. The molecule has 2 nitrogen and oxygen atoms in total. The number of hydrogen-bond donors (Lipinski definition) is 1. The van der Waals surface area contributed by atoms with E-state index >= 15 is 0 Å². The van der Waals surface area contributed by atoms with E-state index in [1.807, 2.05) is 48.5 Å². The molecular formula is C18H12BNOS. The normalized spacial score (nSPS) is 13.7. The number of pyridine rings is 1. The third-order valence-electron chi connectivity index (χ3n) is 4.10. The summed E-state index contributed by atoms with van der Waals surface area (Å²) in [6, 6.07) is 17.7. The van der Waals surface area contributed by atoms with Gasteiger partial charge in [-0.15, -0.1) is 0 Å². The van der Waals surface area contributed by atoms with E-state index in [1.165, 1.54) is 5.46 Å². The smallest absolute Gasteiger partial charge is 0.140 e. The summed E-state index contributed by atoms with van der Waals surface area (Å²) >= 11 is 5.55. The average molecular weight is 301 g/mol. The van der Waals surface area contributed by atoms with Gasteiger partial charge in [0.1, 0.15) is 13.6 Å². The van der Waals surface area contributed by atoms with Crippen LogP contribution in [0.25, 0.3) is 22.2 Å². The molecule has 0 fully saturated rings. The summed E-state index contributed by atoms with van der Waals surface area (Å²) in [6.07, 6.45) is 0. The van der Waals surface area contributed by atoms with Crippen LogP contribution in [0.1, 0.15) is 16.8 Å². The Hall–Kier alpha value is -2.46. The van der Waals surface area contributed by atoms with Gasteiger partial charge in [-0.2, -0.15) is 0 Å². The highest BCUT2D eigenvalue weighted by atomic mass is 32.1. The van der Waals surface area contributed by atoms with Gasteiger partial charge >= 0.3 is 0 Å². The SMILES string of the molecule is Bc1cccc2nc(C3=C(O)c4ccccc4C3=S)ccc12. The number of aliphatic hydroxyl groups excluding tert-OH is 1. The fraction of sp³-hybridized carbons (Fsp3) is 0. The van der Waals surface area contributed by atoms with Crippen molar-refractivity contribution in [2.75, 3.05) is 0 Å². The van der Waals surface area contributed by atoms with Crippen LogP contribution in [-0.2, 0) is 0 Å². The first-order valence-corrected chi connectivity index (χ1v) is 7.52. The summed E-state index contributed by atoms with van der Waals surface area (Å²) in [5.74, 6) is 0.222. The molecule has 104 valence electrons. The molecule has 4 rings (SSSR count). The Bertz CT molecular complexity index is 978. The molecule has 0 bridgehead atoms. The summed E-state index contributed by atoms with van der Waals surface area (Å²) in [5.41, 5.74) is 5.16. The van der Waals surface area contributed by atoms with Crippen molar-refractivity contribution >= 4 is 52.6 Å². The molecular weight excluding hydrogens is 289 g/mol. The first kappa shape index (κ1) is 13.2. The molecule has 0 spiro atoms. The van der Waals surface area contributed by atoms with Gasteiger partial charge in [0.05, 0.1) is 21.6 Å². The Balaban J connectivity index is 1.93. The Morgan fingerprint density at radius 3 is 2.45 bits per heavy atom. The molecule has 0 aliphatic heterocycles. The molecule has 0 saturated heterocycles. The lowest BCUT2D eigenvalue weighted by atomic mass is 9.91. The zero-order valence-electron chi connectivity index (χ0n) is 12.0. The predicted octanol–water partition coefficient (Wildman–Crippen LogP) is 2.65. The van der Waals surface area contributed by atoms with Crippen LogP contribution in [0.15, 0.2) is 54.6 Å². The lowest BCUT2D eigenvalue weighted by Crippen LogP contribution is -2.05. The second-order valence-electron chi connectivity index (χ2n) is 5.44. The number of fused-ring (bicyclic) bond motifs is 2. The molecule has 2 aromatic carbocycles. The van der Waals surface area contributed by atoms with E-state index in [2.05, 4.69) is 13.9 Å². The number of hydrogen-bond acceptors (Lipinski definition) is 3. The second-order valence-corrected chi connectivity index (χ2v) is 5.84. The molecule has 1 heterocycles. The molecule has 1 N–H and O–H groups in total. The highest BCUT2D eigenvalue weighted by Crippen LogP contribution is 2.36. The van der Waals surface area contributed by atoms with Crippen LogP contribution in [0.2, 0.25) is 0 Å². The highest BCUT2D eigenvalue weighted by Gasteiger charge is 2.27. The van der Waals surface area contributed by atoms with Crippen LogP contribution in [0, 0.1) is 0 Å². The summed E-state index contributed by atoms with van der Waals surface area (Å²) in [5, 5.41) is 11.7. The molecule has 0 radical (unpaired) electrons. The van der Waals surface area contributed by atoms with Crippen LogP contribution in [0.5, 0.6) is 0 Å². The number of aromatic nitrogens is 1. The molecule has 22 heavy (non-hydrogen) atoms. The third-order valence-corrected chi connectivity index (χ3v) is 4.52. The van der Waals surface area contributed by atoms with Crippen LogP contribution < -0.4 is 5.46 Å². The van der Waals surface area contributed by atoms with Gasteiger partial charge in [-0.25, -0.2) is 4.98 Å². The van der Waals surface area contributed by atoms with Crippen molar-refractivity contribution in [3.05, 3.63) is 71.4 Å². The van der Waals surface area contributed by atoms with Gasteiger partial charge in [0.25, 0.3) is 0 Å². The van der Waals surface area contributed by atoms with E-state index < -0.39 is 0 Å². The topological polar surface area (TPSA) is 33.1 Å². The number of nitrogens with zero attached hydrogens (tertiary/aromatic N) is 1. The predicted molar refractivity (Wildman–Crippen MR) is 97.5 cm³/mol. The average Bonchev–Trinajstić information content (AvgIpc) is 2.79. The first-order chi connectivity index (χ1) is 10.7. The molecule has 1 aliphatic carbocycles. The number of benzene rings is 2. The molecule has 0 saturated carbocycles. The summed E-state index contributed by atoms with van der Waals surface area (Å²) in [4.78, 5) is 5.36. The van der Waals surface area contributed by atoms with Crippen molar-refractivity contribution in [1.29, 1.82) is 0 Å². The fourth-order valence-electron chi connectivity index (χ4n) is 2.95. The van der Waals surface area contributed by atoms with E-state index in [1.54, 1.807) is 0 Å². The first-order valence-electron chi connectivity index (χ1n) is 7.11. The molecule has 4 heteroatoms. The molecule has 0 amide bonds. The maximum Gasteiger partial charge on any atom is 0.140 e. The van der Waals surface area contributed by atoms with E-state index in [0.717, 1.165) is 27.7 Å². The quantitative estimate of drug-likeness (QED) is 0.554. The largest absolute Gasteiger partial charge is 0.507 e. The zero-order valence-corrected chi connectivity index (χ0v) is 12.8. The van der Waals surface area contributed by atoms with Crippen molar-refractivity contribution < 1.29 is 5.11 Å². The molecule has 0 atom stereocenters. The van der Waals surface area contributed by atoms with Gasteiger partial charge in [0, 0.05) is 11.1 Å². The molecule has 3 aromatic rings. The summed E-state index contributed by atoms with van der Waals surface area (Å²) in [6.45, 7) is 0. The van der Waals surface area contributed by atoms with Crippen LogP contribution in [0.4, 0.5) is 0 Å². The zero-order chi connectivity index (χ0) is 15.3. The number of allylic oxidation sites excluding steroid dienone is 1. The molecule has 1 aliphatic rings. The minimum Gasteiger partial charge on any atom is -0.507 e. The van der Waals surface area contributed by atoms with Gasteiger partial charge in [0.2, 0.25) is 0 Å². The lowest BCUT2D eigenvalue weighted by Gasteiger charge is -2.07.